The van der Waals surface area contributed by atoms with Crippen molar-refractivity contribution < 1.29 is 19.4 Å². The van der Waals surface area contributed by atoms with E-state index in [4.69, 9.17) is 10.5 Å². The third-order valence-corrected chi connectivity index (χ3v) is 8.26. The monoisotopic (exact) mass is 526 g/mol. The zero-order chi connectivity index (χ0) is 27.4. The lowest BCUT2D eigenvalue weighted by Gasteiger charge is -2.41. The minimum absolute atomic E-state index is 0.00574. The predicted octanol–water partition coefficient (Wildman–Crippen LogP) is 4.84. The highest BCUT2D eigenvalue weighted by atomic mass is 32.2. The van der Waals surface area contributed by atoms with E-state index in [0.717, 1.165) is 17.7 Å². The van der Waals surface area contributed by atoms with Crippen LogP contribution in [-0.4, -0.2) is 44.9 Å². The summed E-state index contributed by atoms with van der Waals surface area (Å²) in [5.74, 6) is 0.525. The first-order valence-electron chi connectivity index (χ1n) is 12.4. The van der Waals surface area contributed by atoms with Gasteiger partial charge in [0.1, 0.15) is 17.6 Å². The molecule has 0 unspecified atom stereocenters. The summed E-state index contributed by atoms with van der Waals surface area (Å²) in [4.78, 5) is 35.3. The number of amides is 1. The molecule has 2 aromatic rings. The first kappa shape index (κ1) is 28.7. The molecule has 1 aromatic carbocycles. The molecule has 0 spiro atoms. The smallest absolute Gasteiger partial charge is 0.338 e. The minimum atomic E-state index is -0.396. The minimum Gasteiger partial charge on any atom is -0.451 e. The second-order valence-corrected chi connectivity index (χ2v) is 11.8. The molecular formula is C28H38N4O4S. The Bertz CT molecular complexity index is 1190. The molecular weight excluding hydrogens is 488 g/mol. The number of allylic oxidation sites excluding steroid dienone is 1. The van der Waals surface area contributed by atoms with Crippen LogP contribution in [0.3, 0.4) is 0 Å². The fraction of sp³-hybridized carbons (Fsp3) is 0.500. The quantitative estimate of drug-likeness (QED) is 0.257. The van der Waals surface area contributed by atoms with Crippen molar-refractivity contribution in [2.45, 2.75) is 78.2 Å². The van der Waals surface area contributed by atoms with Crippen molar-refractivity contribution in [2.24, 2.45) is 0 Å². The second-order valence-electron chi connectivity index (χ2n) is 10.8. The molecule has 1 aromatic heterocycles. The summed E-state index contributed by atoms with van der Waals surface area (Å²) in [6.07, 6.45) is 4.79. The number of hydrogen-bond donors (Lipinski definition) is 2. The number of benzene rings is 1. The summed E-state index contributed by atoms with van der Waals surface area (Å²) in [6, 6.07) is 5.87. The number of hydrogen-bond acceptors (Lipinski definition) is 8. The van der Waals surface area contributed by atoms with E-state index < -0.39 is 5.97 Å². The zero-order valence-electron chi connectivity index (χ0n) is 22.6. The number of rotatable bonds is 10. The van der Waals surface area contributed by atoms with Crippen LogP contribution in [0, 0.1) is 6.92 Å². The van der Waals surface area contributed by atoms with Gasteiger partial charge in [0.25, 0.3) is 0 Å². The molecule has 3 rings (SSSR count). The number of anilines is 1. The van der Waals surface area contributed by atoms with Crippen LogP contribution in [0.25, 0.3) is 0 Å². The Labute approximate surface area is 223 Å². The van der Waals surface area contributed by atoms with Crippen molar-refractivity contribution in [1.29, 1.82) is 0 Å². The number of fused-ring (bicyclic) bond motifs is 1. The van der Waals surface area contributed by atoms with Crippen LogP contribution in [0.15, 0.2) is 35.0 Å². The van der Waals surface area contributed by atoms with Crippen molar-refractivity contribution in [3.05, 3.63) is 63.1 Å². The molecule has 8 nitrogen and oxygen atoms in total. The molecule has 0 aliphatic heterocycles. The number of nitrogen functional groups attached to an aromatic ring is 1. The molecule has 0 atom stereocenters. The highest BCUT2D eigenvalue weighted by Gasteiger charge is 2.37. The number of esters is 1. The van der Waals surface area contributed by atoms with Gasteiger partial charge in [-0.25, -0.2) is 14.8 Å². The normalized spacial score (nSPS) is 16.4. The van der Waals surface area contributed by atoms with Crippen molar-refractivity contribution in [3.8, 4) is 0 Å². The molecule has 0 bridgehead atoms. The lowest BCUT2D eigenvalue weighted by Crippen LogP contribution is -2.34. The molecule has 0 saturated carbocycles. The van der Waals surface area contributed by atoms with Gasteiger partial charge in [-0.1, -0.05) is 45.5 Å². The molecule has 0 saturated heterocycles. The van der Waals surface area contributed by atoms with Crippen LogP contribution in [0.4, 0.5) is 5.82 Å². The topological polar surface area (TPSA) is 119 Å². The Morgan fingerprint density at radius 1 is 1.22 bits per heavy atom. The number of thioether (sulfide) groups is 1. The van der Waals surface area contributed by atoms with Gasteiger partial charge >= 0.3 is 5.97 Å². The maximum absolute atomic E-state index is 12.9. The molecule has 1 heterocycles. The molecule has 9 heteroatoms. The van der Waals surface area contributed by atoms with Crippen LogP contribution in [0.2, 0.25) is 0 Å². The standard InChI is InChI=1S/C28H38N4O4S/c1-18(32(16-34)15-21-14-30-19(2)31-25(21)29)24(9-12-33)37-17-36-26(35)20-7-8-22-23(13-20)28(5,6)11-10-27(22,3)4/h7-8,13-14,16,33H,9-12,15,17H2,1-6H3,(H2,29,30,31). The Kier molecular flexibility index (Phi) is 9.02. The van der Waals surface area contributed by atoms with Gasteiger partial charge in [0.05, 0.1) is 12.1 Å². The first-order chi connectivity index (χ1) is 17.4. The molecule has 0 fully saturated rings. The van der Waals surface area contributed by atoms with Crippen molar-refractivity contribution in [1.82, 2.24) is 14.9 Å². The highest BCUT2D eigenvalue weighted by molar-refractivity contribution is 8.02. The van der Waals surface area contributed by atoms with Crippen molar-refractivity contribution >= 4 is 30.0 Å². The van der Waals surface area contributed by atoms with Gasteiger partial charge in [-0.05, 0) is 60.8 Å². The third-order valence-electron chi connectivity index (χ3n) is 7.17. The summed E-state index contributed by atoms with van der Waals surface area (Å²) in [6.45, 7) is 12.5. The maximum atomic E-state index is 12.9. The van der Waals surface area contributed by atoms with Gasteiger partial charge in [-0.15, -0.1) is 0 Å². The second kappa shape index (κ2) is 11.6. The molecule has 37 heavy (non-hydrogen) atoms. The van der Waals surface area contributed by atoms with Gasteiger partial charge in [0, 0.05) is 35.4 Å². The number of carbonyl (C=O) groups excluding carboxylic acids is 2. The van der Waals surface area contributed by atoms with Gasteiger partial charge in [-0.3, -0.25) is 4.79 Å². The number of carbonyl (C=O) groups is 2. The number of nitrogens with zero attached hydrogens (tertiary/aromatic N) is 3. The Balaban J connectivity index is 1.72. The van der Waals surface area contributed by atoms with Gasteiger partial charge in [-0.2, -0.15) is 0 Å². The lowest BCUT2D eigenvalue weighted by atomic mass is 9.63. The SMILES string of the molecule is CC(=C(CCO)SCOC(=O)c1ccc2c(c1)C(C)(C)CCC2(C)C)N(C=O)Cc1cnc(C)nc1N. The number of aliphatic hydroxyl groups excluding tert-OH is 1. The van der Waals surface area contributed by atoms with Gasteiger partial charge < -0.3 is 20.5 Å². The van der Waals surface area contributed by atoms with E-state index in [0.29, 0.717) is 41.3 Å². The van der Waals surface area contributed by atoms with E-state index >= 15 is 0 Å². The van der Waals surface area contributed by atoms with Crippen molar-refractivity contribution in [2.75, 3.05) is 18.3 Å². The van der Waals surface area contributed by atoms with E-state index in [1.54, 1.807) is 20.0 Å². The number of aromatic nitrogens is 2. The number of aliphatic hydroxyl groups is 1. The molecule has 3 N–H and O–H groups in total. The zero-order valence-corrected chi connectivity index (χ0v) is 23.4. The largest absolute Gasteiger partial charge is 0.451 e. The average molecular weight is 527 g/mol. The van der Waals surface area contributed by atoms with E-state index in [-0.39, 0.29) is 29.9 Å². The van der Waals surface area contributed by atoms with Crippen LogP contribution < -0.4 is 5.73 Å². The number of ether oxygens (including phenoxy) is 1. The van der Waals surface area contributed by atoms with E-state index in [1.165, 1.54) is 27.8 Å². The molecule has 1 aliphatic rings. The summed E-state index contributed by atoms with van der Waals surface area (Å²) in [5.41, 5.74) is 10.3. The molecule has 1 amide bonds. The van der Waals surface area contributed by atoms with Gasteiger partial charge in [0.2, 0.25) is 6.41 Å². The highest BCUT2D eigenvalue weighted by Crippen LogP contribution is 2.46. The predicted molar refractivity (Wildman–Crippen MR) is 147 cm³/mol. The van der Waals surface area contributed by atoms with Crippen molar-refractivity contribution in [3.63, 3.8) is 0 Å². The summed E-state index contributed by atoms with van der Waals surface area (Å²) in [5, 5.41) is 9.59. The van der Waals surface area contributed by atoms with Crippen LogP contribution in [0.1, 0.15) is 86.8 Å². The summed E-state index contributed by atoms with van der Waals surface area (Å²) < 4.78 is 5.59. The molecule has 0 radical (unpaired) electrons. The van der Waals surface area contributed by atoms with E-state index in [1.807, 2.05) is 12.1 Å². The Morgan fingerprint density at radius 2 is 1.89 bits per heavy atom. The van der Waals surface area contributed by atoms with Crippen LogP contribution in [0.5, 0.6) is 0 Å². The third kappa shape index (κ3) is 6.70. The Hall–Kier alpha value is -2.91. The maximum Gasteiger partial charge on any atom is 0.338 e. The van der Waals surface area contributed by atoms with E-state index in [9.17, 15) is 14.7 Å². The van der Waals surface area contributed by atoms with E-state index in [2.05, 4.69) is 43.7 Å². The summed E-state index contributed by atoms with van der Waals surface area (Å²) >= 11 is 1.28. The van der Waals surface area contributed by atoms with Gasteiger partial charge in [0.15, 0.2) is 0 Å². The first-order valence-corrected chi connectivity index (χ1v) is 13.4. The number of aryl methyl sites for hydroxylation is 1. The average Bonchev–Trinajstić information content (AvgIpc) is 2.85. The lowest BCUT2D eigenvalue weighted by molar-refractivity contribution is -0.116. The fourth-order valence-corrected chi connectivity index (χ4v) is 5.50. The van der Waals surface area contributed by atoms with Crippen LogP contribution >= 0.6 is 11.8 Å². The molecule has 1 aliphatic carbocycles. The fourth-order valence-electron chi connectivity index (χ4n) is 4.63. The number of nitrogens with two attached hydrogens (primary N) is 1. The Morgan fingerprint density at radius 3 is 2.51 bits per heavy atom. The summed E-state index contributed by atoms with van der Waals surface area (Å²) in [7, 11) is 0. The van der Waals surface area contributed by atoms with Crippen LogP contribution in [-0.2, 0) is 26.9 Å². The molecule has 200 valence electrons.